The van der Waals surface area contributed by atoms with E-state index in [0.29, 0.717) is 17.0 Å². The van der Waals surface area contributed by atoms with Crippen LogP contribution in [0.5, 0.6) is 0 Å². The van der Waals surface area contributed by atoms with Gasteiger partial charge in [0.2, 0.25) is 6.41 Å². The first-order chi connectivity index (χ1) is 7.19. The first kappa shape index (κ1) is 11.5. The van der Waals surface area contributed by atoms with E-state index in [9.17, 15) is 9.59 Å². The van der Waals surface area contributed by atoms with Gasteiger partial charge in [-0.1, -0.05) is 23.7 Å². The van der Waals surface area contributed by atoms with E-state index < -0.39 is 12.0 Å². The van der Waals surface area contributed by atoms with Crippen molar-refractivity contribution < 1.29 is 14.3 Å². The Bertz CT molecular complexity index is 350. The van der Waals surface area contributed by atoms with E-state index in [0.717, 1.165) is 0 Å². The number of nitrogens with one attached hydrogen (secondary N) is 1. The van der Waals surface area contributed by atoms with Gasteiger partial charge in [-0.05, 0) is 17.7 Å². The van der Waals surface area contributed by atoms with E-state index in [-0.39, 0.29) is 0 Å². The molecule has 0 aliphatic carbocycles. The minimum Gasteiger partial charge on any atom is -0.467 e. The number of rotatable bonds is 4. The van der Waals surface area contributed by atoms with Crippen molar-refractivity contribution in [2.45, 2.75) is 6.04 Å². The Morgan fingerprint density at radius 3 is 2.53 bits per heavy atom. The lowest BCUT2D eigenvalue weighted by Crippen LogP contribution is -2.28. The summed E-state index contributed by atoms with van der Waals surface area (Å²) in [6.07, 6.45) is 0.455. The Balaban J connectivity index is 2.93. The summed E-state index contributed by atoms with van der Waals surface area (Å²) in [7, 11) is 1.26. The van der Waals surface area contributed by atoms with E-state index in [1.54, 1.807) is 24.3 Å². The van der Waals surface area contributed by atoms with Crippen LogP contribution >= 0.6 is 11.6 Å². The standard InChI is InChI=1S/C10H10ClNO3/c1-15-10(14)9(12-6-13)7-2-4-8(11)5-3-7/h2-6,9H,1H3,(H,12,13). The van der Waals surface area contributed by atoms with Gasteiger partial charge in [-0.25, -0.2) is 4.79 Å². The van der Waals surface area contributed by atoms with Crippen LogP contribution in [0.4, 0.5) is 0 Å². The van der Waals surface area contributed by atoms with E-state index in [2.05, 4.69) is 10.1 Å². The van der Waals surface area contributed by atoms with Gasteiger partial charge in [0.05, 0.1) is 7.11 Å². The summed E-state index contributed by atoms with van der Waals surface area (Å²) in [6, 6.07) is 5.80. The molecule has 0 aliphatic heterocycles. The van der Waals surface area contributed by atoms with E-state index >= 15 is 0 Å². The molecule has 0 saturated heterocycles. The molecule has 1 atom stereocenters. The van der Waals surface area contributed by atoms with Crippen LogP contribution in [0, 0.1) is 0 Å². The minimum absolute atomic E-state index is 0.455. The second-order valence-electron chi connectivity index (χ2n) is 2.79. The SMILES string of the molecule is COC(=O)C(NC=O)c1ccc(Cl)cc1. The summed E-state index contributed by atoms with van der Waals surface area (Å²) in [6.45, 7) is 0. The maximum atomic E-state index is 11.3. The molecule has 1 unspecified atom stereocenters. The number of carbonyl (C=O) groups is 2. The Morgan fingerprint density at radius 2 is 2.07 bits per heavy atom. The number of amides is 1. The third kappa shape index (κ3) is 2.95. The zero-order chi connectivity index (χ0) is 11.3. The predicted molar refractivity (Wildman–Crippen MR) is 55.4 cm³/mol. The van der Waals surface area contributed by atoms with Crippen LogP contribution in [0.1, 0.15) is 11.6 Å². The van der Waals surface area contributed by atoms with Crippen molar-refractivity contribution in [3.8, 4) is 0 Å². The van der Waals surface area contributed by atoms with Crippen LogP contribution in [0.3, 0.4) is 0 Å². The number of carbonyl (C=O) groups excluding carboxylic acids is 2. The van der Waals surface area contributed by atoms with E-state index in [1.165, 1.54) is 7.11 Å². The molecular weight excluding hydrogens is 218 g/mol. The maximum absolute atomic E-state index is 11.3. The summed E-state index contributed by atoms with van der Waals surface area (Å²) >= 11 is 5.70. The van der Waals surface area contributed by atoms with Gasteiger partial charge in [-0.3, -0.25) is 4.79 Å². The molecule has 0 spiro atoms. The number of hydrogen-bond acceptors (Lipinski definition) is 3. The molecule has 4 nitrogen and oxygen atoms in total. The predicted octanol–water partition coefficient (Wildman–Crippen LogP) is 1.30. The van der Waals surface area contributed by atoms with Crippen molar-refractivity contribution >= 4 is 24.0 Å². The number of hydrogen-bond donors (Lipinski definition) is 1. The van der Waals surface area contributed by atoms with Gasteiger partial charge in [0.15, 0.2) is 6.04 Å². The average Bonchev–Trinajstić information content (AvgIpc) is 2.26. The second-order valence-corrected chi connectivity index (χ2v) is 3.23. The molecule has 0 radical (unpaired) electrons. The van der Waals surface area contributed by atoms with Gasteiger partial charge < -0.3 is 10.1 Å². The zero-order valence-corrected chi connectivity index (χ0v) is 8.82. The van der Waals surface area contributed by atoms with Crippen molar-refractivity contribution in [3.63, 3.8) is 0 Å². The van der Waals surface area contributed by atoms with Gasteiger partial charge in [-0.2, -0.15) is 0 Å². The molecule has 15 heavy (non-hydrogen) atoms. The first-order valence-electron chi connectivity index (χ1n) is 4.22. The van der Waals surface area contributed by atoms with Gasteiger partial charge in [0, 0.05) is 5.02 Å². The topological polar surface area (TPSA) is 55.4 Å². The molecule has 5 heteroatoms. The molecule has 0 heterocycles. The molecule has 0 fully saturated rings. The molecule has 1 N–H and O–H groups in total. The van der Waals surface area contributed by atoms with Gasteiger partial charge in [-0.15, -0.1) is 0 Å². The molecule has 0 saturated carbocycles. The third-order valence-corrected chi connectivity index (χ3v) is 2.13. The number of methoxy groups -OCH3 is 1. The highest BCUT2D eigenvalue weighted by atomic mass is 35.5. The van der Waals surface area contributed by atoms with Gasteiger partial charge >= 0.3 is 5.97 Å². The van der Waals surface area contributed by atoms with Crippen LogP contribution in [0.2, 0.25) is 5.02 Å². The lowest BCUT2D eigenvalue weighted by Gasteiger charge is -2.13. The van der Waals surface area contributed by atoms with Crippen molar-refractivity contribution in [3.05, 3.63) is 34.9 Å². The van der Waals surface area contributed by atoms with Crippen LogP contribution in [-0.2, 0) is 14.3 Å². The largest absolute Gasteiger partial charge is 0.467 e. The van der Waals surface area contributed by atoms with E-state index in [1.807, 2.05) is 0 Å². The molecule has 0 aromatic heterocycles. The fourth-order valence-corrected chi connectivity index (χ4v) is 1.27. The van der Waals surface area contributed by atoms with Crippen LogP contribution in [0.25, 0.3) is 0 Å². The third-order valence-electron chi connectivity index (χ3n) is 1.87. The molecule has 80 valence electrons. The summed E-state index contributed by atoms with van der Waals surface area (Å²) in [5, 5.41) is 2.93. The normalized spacial score (nSPS) is 11.6. The number of benzene rings is 1. The van der Waals surface area contributed by atoms with E-state index in [4.69, 9.17) is 11.6 Å². The molecule has 1 amide bonds. The Morgan fingerprint density at radius 1 is 1.47 bits per heavy atom. The van der Waals surface area contributed by atoms with Crippen molar-refractivity contribution in [2.75, 3.05) is 7.11 Å². The zero-order valence-electron chi connectivity index (χ0n) is 8.07. The molecule has 0 bridgehead atoms. The van der Waals surface area contributed by atoms with Gasteiger partial charge in [0.1, 0.15) is 0 Å². The first-order valence-corrected chi connectivity index (χ1v) is 4.60. The lowest BCUT2D eigenvalue weighted by atomic mass is 10.1. The fourth-order valence-electron chi connectivity index (χ4n) is 1.14. The maximum Gasteiger partial charge on any atom is 0.333 e. The quantitative estimate of drug-likeness (QED) is 0.623. The van der Waals surface area contributed by atoms with Crippen LogP contribution < -0.4 is 5.32 Å². The lowest BCUT2D eigenvalue weighted by molar-refractivity contribution is -0.144. The summed E-state index contributed by atoms with van der Waals surface area (Å²) in [4.78, 5) is 21.6. The minimum atomic E-state index is -0.787. The van der Waals surface area contributed by atoms with Crippen molar-refractivity contribution in [2.24, 2.45) is 0 Å². The summed E-state index contributed by atoms with van der Waals surface area (Å²) in [5.41, 5.74) is 0.623. The van der Waals surface area contributed by atoms with Crippen molar-refractivity contribution in [1.29, 1.82) is 0 Å². The molecular formula is C10H10ClNO3. The number of halogens is 1. The van der Waals surface area contributed by atoms with Crippen LogP contribution in [0.15, 0.2) is 24.3 Å². The number of esters is 1. The monoisotopic (exact) mass is 227 g/mol. The molecule has 1 aromatic carbocycles. The van der Waals surface area contributed by atoms with Crippen LogP contribution in [-0.4, -0.2) is 19.5 Å². The molecule has 0 aliphatic rings. The highest BCUT2D eigenvalue weighted by Gasteiger charge is 2.19. The fraction of sp³-hybridized carbons (Fsp3) is 0.200. The Labute approximate surface area is 92.2 Å². The molecule has 1 rings (SSSR count). The Kier molecular flexibility index (Phi) is 4.12. The highest BCUT2D eigenvalue weighted by Crippen LogP contribution is 2.17. The second kappa shape index (κ2) is 5.36. The Hall–Kier alpha value is -1.55. The molecule has 1 aromatic rings. The summed E-state index contributed by atoms with van der Waals surface area (Å²) < 4.78 is 4.56. The van der Waals surface area contributed by atoms with Gasteiger partial charge in [0.25, 0.3) is 0 Å². The highest BCUT2D eigenvalue weighted by molar-refractivity contribution is 6.30. The smallest absolute Gasteiger partial charge is 0.333 e. The average molecular weight is 228 g/mol. The summed E-state index contributed by atoms with van der Waals surface area (Å²) in [5.74, 6) is -0.524. The van der Waals surface area contributed by atoms with Crippen molar-refractivity contribution in [1.82, 2.24) is 5.32 Å². The number of ether oxygens (including phenoxy) is 1.